The molecule has 29 heavy (non-hydrogen) atoms. The third kappa shape index (κ3) is 2.76. The van der Waals surface area contributed by atoms with Gasteiger partial charge in [0.1, 0.15) is 5.75 Å². The fourth-order valence-electron chi connectivity index (χ4n) is 4.14. The first kappa shape index (κ1) is 17.4. The molecule has 2 aliphatic rings. The molecule has 2 atom stereocenters. The Hall–Kier alpha value is -3.67. The molecule has 0 bridgehead atoms. The van der Waals surface area contributed by atoms with Crippen LogP contribution in [-0.4, -0.2) is 15.6 Å². The number of nitro groups is 1. The molecule has 0 N–H and O–H groups in total. The summed E-state index contributed by atoms with van der Waals surface area (Å²) >= 11 is 0. The predicted octanol–water partition coefficient (Wildman–Crippen LogP) is 5.01. The van der Waals surface area contributed by atoms with E-state index < -0.39 is 5.72 Å². The fourth-order valence-corrected chi connectivity index (χ4v) is 4.14. The summed E-state index contributed by atoms with van der Waals surface area (Å²) in [7, 11) is 0. The molecule has 0 aliphatic carbocycles. The van der Waals surface area contributed by atoms with Gasteiger partial charge in [-0.1, -0.05) is 48.5 Å². The van der Waals surface area contributed by atoms with E-state index in [-0.39, 0.29) is 16.7 Å². The third-order valence-corrected chi connectivity index (χ3v) is 5.66. The van der Waals surface area contributed by atoms with Crippen LogP contribution < -0.4 is 4.74 Å². The second-order valence-electron chi connectivity index (χ2n) is 7.40. The quantitative estimate of drug-likeness (QED) is 0.469. The number of benzene rings is 3. The molecule has 0 saturated carbocycles. The number of nitro benzene ring substituents is 1. The topological polar surface area (TPSA) is 68.0 Å². The Kier molecular flexibility index (Phi) is 3.87. The highest BCUT2D eigenvalue weighted by atomic mass is 16.6. The lowest BCUT2D eigenvalue weighted by Gasteiger charge is -2.46. The van der Waals surface area contributed by atoms with Gasteiger partial charge in [-0.15, -0.1) is 0 Å². The molecule has 0 fully saturated rings. The Bertz CT molecular complexity index is 1110. The van der Waals surface area contributed by atoms with Crippen LogP contribution in [0.1, 0.15) is 36.1 Å². The first-order valence-electron chi connectivity index (χ1n) is 9.51. The van der Waals surface area contributed by atoms with Gasteiger partial charge >= 0.3 is 0 Å². The highest BCUT2D eigenvalue weighted by Gasteiger charge is 2.48. The molecule has 6 nitrogen and oxygen atoms in total. The zero-order chi connectivity index (χ0) is 20.0. The molecular weight excluding hydrogens is 366 g/mol. The van der Waals surface area contributed by atoms with Gasteiger partial charge in [0.2, 0.25) is 5.72 Å². The van der Waals surface area contributed by atoms with Gasteiger partial charge in [-0.05, 0) is 23.8 Å². The second kappa shape index (κ2) is 6.44. The van der Waals surface area contributed by atoms with Crippen LogP contribution in [0.15, 0.2) is 84.0 Å². The second-order valence-corrected chi connectivity index (χ2v) is 7.40. The van der Waals surface area contributed by atoms with Gasteiger partial charge in [-0.3, -0.25) is 10.1 Å². The molecule has 2 unspecified atom stereocenters. The summed E-state index contributed by atoms with van der Waals surface area (Å²) in [4.78, 5) is 10.6. The van der Waals surface area contributed by atoms with E-state index >= 15 is 0 Å². The highest BCUT2D eigenvalue weighted by molar-refractivity contribution is 6.02. The van der Waals surface area contributed by atoms with Gasteiger partial charge in [0.25, 0.3) is 5.69 Å². The molecule has 0 amide bonds. The number of nitrogens with zero attached hydrogens (tertiary/aromatic N) is 3. The minimum absolute atomic E-state index is 0.0374. The van der Waals surface area contributed by atoms with Gasteiger partial charge in [0.15, 0.2) is 0 Å². The van der Waals surface area contributed by atoms with Crippen LogP contribution in [0.5, 0.6) is 5.75 Å². The molecular formula is C23H19N3O3. The van der Waals surface area contributed by atoms with Crippen LogP contribution in [0.3, 0.4) is 0 Å². The van der Waals surface area contributed by atoms with Crippen molar-refractivity contribution < 1.29 is 9.66 Å². The Morgan fingerprint density at radius 2 is 1.72 bits per heavy atom. The average Bonchev–Trinajstić information content (AvgIpc) is 3.21. The van der Waals surface area contributed by atoms with Crippen LogP contribution in [-0.2, 0) is 5.72 Å². The van der Waals surface area contributed by atoms with E-state index in [2.05, 4.69) is 6.07 Å². The number of ether oxygens (including phenoxy) is 1. The molecule has 0 aromatic heterocycles. The first-order chi connectivity index (χ1) is 14.1. The van der Waals surface area contributed by atoms with Crippen LogP contribution in [0.2, 0.25) is 0 Å². The lowest BCUT2D eigenvalue weighted by atomic mass is 9.92. The van der Waals surface area contributed by atoms with Crippen LogP contribution in [0.25, 0.3) is 0 Å². The molecule has 3 aromatic carbocycles. The van der Waals surface area contributed by atoms with Crippen LogP contribution >= 0.6 is 0 Å². The Labute approximate surface area is 168 Å². The van der Waals surface area contributed by atoms with Crippen molar-refractivity contribution in [3.05, 3.63) is 106 Å². The first-order valence-corrected chi connectivity index (χ1v) is 9.51. The molecule has 144 valence electrons. The minimum Gasteiger partial charge on any atom is -0.462 e. The monoisotopic (exact) mass is 385 g/mol. The molecule has 6 heteroatoms. The zero-order valence-corrected chi connectivity index (χ0v) is 15.9. The molecule has 5 rings (SSSR count). The predicted molar refractivity (Wildman–Crippen MR) is 110 cm³/mol. The van der Waals surface area contributed by atoms with Crippen molar-refractivity contribution in [2.45, 2.75) is 25.1 Å². The number of hydrogen-bond acceptors (Lipinski definition) is 5. The smallest absolute Gasteiger partial charge is 0.269 e. The summed E-state index contributed by atoms with van der Waals surface area (Å²) in [5.74, 6) is 0.861. The lowest BCUT2D eigenvalue weighted by molar-refractivity contribution is -0.384. The maximum absolute atomic E-state index is 11.0. The van der Waals surface area contributed by atoms with Gasteiger partial charge in [0.05, 0.1) is 16.7 Å². The van der Waals surface area contributed by atoms with E-state index in [0.29, 0.717) is 6.42 Å². The normalized spacial score (nSPS) is 22.3. The van der Waals surface area contributed by atoms with Gasteiger partial charge in [0, 0.05) is 36.6 Å². The molecule has 0 saturated heterocycles. The largest absolute Gasteiger partial charge is 0.462 e. The zero-order valence-electron chi connectivity index (χ0n) is 15.9. The average molecular weight is 385 g/mol. The third-order valence-electron chi connectivity index (χ3n) is 5.66. The van der Waals surface area contributed by atoms with Crippen molar-refractivity contribution in [1.82, 2.24) is 5.01 Å². The van der Waals surface area contributed by atoms with Gasteiger partial charge < -0.3 is 4.74 Å². The summed E-state index contributed by atoms with van der Waals surface area (Å²) in [5, 5.41) is 17.9. The van der Waals surface area contributed by atoms with Crippen LogP contribution in [0.4, 0.5) is 5.69 Å². The van der Waals surface area contributed by atoms with Crippen molar-refractivity contribution in [3.63, 3.8) is 0 Å². The molecule has 0 radical (unpaired) electrons. The Morgan fingerprint density at radius 1 is 1.03 bits per heavy atom. The van der Waals surface area contributed by atoms with Gasteiger partial charge in [-0.2, -0.15) is 5.10 Å². The van der Waals surface area contributed by atoms with Crippen molar-refractivity contribution >= 4 is 11.4 Å². The molecule has 2 heterocycles. The van der Waals surface area contributed by atoms with E-state index in [9.17, 15) is 10.1 Å². The van der Waals surface area contributed by atoms with Crippen molar-refractivity contribution in [2.24, 2.45) is 5.10 Å². The van der Waals surface area contributed by atoms with Crippen LogP contribution in [0, 0.1) is 10.1 Å². The number of fused-ring (bicyclic) bond motifs is 3. The summed E-state index contributed by atoms with van der Waals surface area (Å²) < 4.78 is 6.48. The molecule has 3 aromatic rings. The van der Waals surface area contributed by atoms with E-state index in [1.807, 2.05) is 60.5 Å². The Morgan fingerprint density at radius 3 is 2.45 bits per heavy atom. The maximum Gasteiger partial charge on any atom is 0.269 e. The van der Waals surface area contributed by atoms with Crippen molar-refractivity contribution in [2.75, 3.05) is 0 Å². The number of hydrogen-bond donors (Lipinski definition) is 0. The van der Waals surface area contributed by atoms with E-state index in [1.165, 1.54) is 12.1 Å². The lowest BCUT2D eigenvalue weighted by Crippen LogP contribution is -2.48. The molecule has 2 aliphatic heterocycles. The summed E-state index contributed by atoms with van der Waals surface area (Å²) in [6.45, 7) is 2.04. The number of rotatable bonds is 3. The summed E-state index contributed by atoms with van der Waals surface area (Å²) in [5.41, 5.74) is 3.23. The van der Waals surface area contributed by atoms with E-state index in [4.69, 9.17) is 9.84 Å². The van der Waals surface area contributed by atoms with Gasteiger partial charge in [-0.25, -0.2) is 5.01 Å². The maximum atomic E-state index is 11.0. The fraction of sp³-hybridized carbons (Fsp3) is 0.174. The number of hydrazone groups is 1. The molecule has 0 spiro atoms. The van der Waals surface area contributed by atoms with E-state index in [1.54, 1.807) is 12.1 Å². The van der Waals surface area contributed by atoms with Crippen molar-refractivity contribution in [1.29, 1.82) is 0 Å². The Balaban J connectivity index is 1.60. The van der Waals surface area contributed by atoms with Crippen molar-refractivity contribution in [3.8, 4) is 5.75 Å². The highest BCUT2D eigenvalue weighted by Crippen LogP contribution is 2.50. The summed E-state index contributed by atoms with van der Waals surface area (Å²) in [6, 6.07) is 24.7. The SMILES string of the molecule is CC1(c2ccccc2)Oc2ccccc2C2CC(c3ccc([N+](=O)[O-])cc3)=NN21. The van der Waals surface area contributed by atoms with E-state index in [0.717, 1.165) is 28.2 Å². The number of para-hydroxylation sites is 1. The summed E-state index contributed by atoms with van der Waals surface area (Å²) in [6.07, 6.45) is 0.709. The number of non-ortho nitro benzene ring substituents is 1. The standard InChI is InChI=1S/C23H19N3O3/c1-23(17-7-3-2-4-8-17)25-21(19-9-5-6-10-22(19)29-23)15-20(24-25)16-11-13-18(14-12-16)26(27)28/h2-14,21H,15H2,1H3. The minimum atomic E-state index is -0.747.